The molecule has 0 bridgehead atoms. The number of β-amino-alcohol motifs (C(OH)–C–C–N with tert-alkyl or cyclic N) is 1. The van der Waals surface area contributed by atoms with Crippen LogP contribution < -0.4 is 15.0 Å². The normalized spacial score (nSPS) is 24.0. The van der Waals surface area contributed by atoms with E-state index in [1.54, 1.807) is 13.0 Å². The number of imide groups is 1. The average Bonchev–Trinajstić information content (AvgIpc) is 4.11. The van der Waals surface area contributed by atoms with Gasteiger partial charge in [0.1, 0.15) is 40.2 Å². The first-order chi connectivity index (χ1) is 34.6. The van der Waals surface area contributed by atoms with Gasteiger partial charge in [0.15, 0.2) is 5.82 Å². The number of phenolic OH excluding ortho intramolecular Hbond substituents is 1. The van der Waals surface area contributed by atoms with Crippen molar-refractivity contribution in [2.24, 2.45) is 22.7 Å². The molecule has 11 rings (SSSR count). The van der Waals surface area contributed by atoms with E-state index in [1.165, 1.54) is 62.2 Å². The summed E-state index contributed by atoms with van der Waals surface area (Å²) in [4.78, 5) is 44.9. The molecule has 5 aromatic rings. The first-order valence-electron chi connectivity index (χ1n) is 26.2. The van der Waals surface area contributed by atoms with Crippen molar-refractivity contribution in [2.45, 2.75) is 115 Å². The van der Waals surface area contributed by atoms with Crippen molar-refractivity contribution in [1.29, 1.82) is 0 Å². The molecule has 2 aliphatic carbocycles. The van der Waals surface area contributed by atoms with Gasteiger partial charge in [0, 0.05) is 55.3 Å². The largest absolute Gasteiger partial charge is 0.508 e. The number of phenols is 1. The first-order valence-corrected chi connectivity index (χ1v) is 26.2. The maximum atomic E-state index is 17.1. The number of aryl methyl sites for hydroxylation is 1. The lowest BCUT2D eigenvalue weighted by molar-refractivity contribution is -0.134. The zero-order chi connectivity index (χ0) is 50.1. The van der Waals surface area contributed by atoms with Crippen molar-refractivity contribution in [3.63, 3.8) is 0 Å². The predicted octanol–water partition coefficient (Wildman–Crippen LogP) is 9.15. The standard InChI is InChI=1S/C56H65F4N7O5/c1-3-38-42(57)7-5-35-25-37(68)26-40(46(35)38)49-48(60)50-41(29-61-49)51(67-17-4-12-54(2,71)30-67)64-53(63-50)72-32-56(13-14-56)31-66-21-15-55(16-22-66)27-36(28-55)34-10-19-65(20-11-34)18-9-33-23-43(58)47(44(59)24-33)39-6-8-45(69)62-52(39)70/h5,7,23-26,29,34,36,39,68,71H,3-4,6,8-22,27-28,30-32H2,1-2H3,(H,62,69,70)/t39?,54-/m1/s1. The summed E-state index contributed by atoms with van der Waals surface area (Å²) in [5, 5.41) is 25.5. The van der Waals surface area contributed by atoms with Gasteiger partial charge in [-0.1, -0.05) is 13.0 Å². The summed E-state index contributed by atoms with van der Waals surface area (Å²) in [7, 11) is 0. The third kappa shape index (κ3) is 9.63. The number of hydrogen-bond donors (Lipinski definition) is 3. The van der Waals surface area contributed by atoms with Crippen LogP contribution in [-0.4, -0.2) is 111 Å². The molecule has 2 atom stereocenters. The van der Waals surface area contributed by atoms with Crippen LogP contribution in [0.5, 0.6) is 11.8 Å². The van der Waals surface area contributed by atoms with Crippen LogP contribution in [0.25, 0.3) is 32.9 Å². The maximum Gasteiger partial charge on any atom is 0.319 e. The molecular weight excluding hydrogens is 927 g/mol. The van der Waals surface area contributed by atoms with E-state index >= 15 is 17.6 Å². The minimum atomic E-state index is -0.993. The van der Waals surface area contributed by atoms with Gasteiger partial charge in [-0.2, -0.15) is 9.97 Å². The molecule has 3 N–H and O–H groups in total. The summed E-state index contributed by atoms with van der Waals surface area (Å²) in [5.41, 5.74) is 0.327. The first kappa shape index (κ1) is 48.8. The lowest BCUT2D eigenvalue weighted by atomic mass is 9.53. The number of aliphatic hydroxyl groups is 1. The second-order valence-electron chi connectivity index (χ2n) is 22.6. The highest BCUT2D eigenvalue weighted by Gasteiger charge is 2.51. The molecule has 382 valence electrons. The molecule has 16 heteroatoms. The Morgan fingerprint density at radius 1 is 0.861 bits per heavy atom. The lowest BCUT2D eigenvalue weighted by Crippen LogP contribution is -2.51. The number of pyridine rings is 1. The lowest BCUT2D eigenvalue weighted by Gasteiger charge is -2.55. The predicted molar refractivity (Wildman–Crippen MR) is 266 cm³/mol. The number of nitrogens with one attached hydrogen (secondary N) is 1. The molecule has 2 aromatic heterocycles. The van der Waals surface area contributed by atoms with Crippen LogP contribution in [0.3, 0.4) is 0 Å². The number of carbonyl (C=O) groups is 2. The highest BCUT2D eigenvalue weighted by molar-refractivity contribution is 6.02. The Balaban J connectivity index is 0.700. The Hall–Kier alpha value is -5.45. The fourth-order valence-electron chi connectivity index (χ4n) is 13.2. The van der Waals surface area contributed by atoms with E-state index in [9.17, 15) is 19.8 Å². The number of hydrogen-bond acceptors (Lipinski definition) is 11. The Kier molecular flexibility index (Phi) is 13.0. The number of rotatable bonds is 13. The molecule has 2 saturated carbocycles. The van der Waals surface area contributed by atoms with Gasteiger partial charge in [0.05, 0.1) is 23.5 Å². The number of amides is 2. The number of piperidine rings is 4. The van der Waals surface area contributed by atoms with E-state index in [2.05, 4.69) is 20.1 Å². The molecule has 6 heterocycles. The van der Waals surface area contributed by atoms with Crippen LogP contribution in [0, 0.1) is 45.9 Å². The molecule has 4 aliphatic heterocycles. The molecule has 6 aliphatic rings. The zero-order valence-electron chi connectivity index (χ0n) is 41.4. The molecule has 1 unspecified atom stereocenters. The van der Waals surface area contributed by atoms with Crippen LogP contribution in [0.2, 0.25) is 0 Å². The van der Waals surface area contributed by atoms with Crippen LogP contribution in [-0.2, 0) is 22.4 Å². The van der Waals surface area contributed by atoms with Gasteiger partial charge in [-0.25, -0.2) is 17.6 Å². The Morgan fingerprint density at radius 2 is 1.61 bits per heavy atom. The van der Waals surface area contributed by atoms with Crippen LogP contribution in [0.15, 0.2) is 42.6 Å². The Morgan fingerprint density at radius 3 is 2.31 bits per heavy atom. The fourth-order valence-corrected chi connectivity index (χ4v) is 13.2. The summed E-state index contributed by atoms with van der Waals surface area (Å²) >= 11 is 0. The number of benzene rings is 3. The quantitative estimate of drug-likeness (QED) is 0.0768. The fraction of sp³-hybridized carbons (Fsp3) is 0.554. The molecular formula is C56H65F4N7O5. The number of ether oxygens (including phenoxy) is 1. The van der Waals surface area contributed by atoms with Gasteiger partial charge in [0.25, 0.3) is 0 Å². The molecule has 2 amide bonds. The number of anilines is 1. The highest BCUT2D eigenvalue weighted by Crippen LogP contribution is 2.57. The summed E-state index contributed by atoms with van der Waals surface area (Å²) in [6, 6.07) is 8.64. The van der Waals surface area contributed by atoms with E-state index in [0.29, 0.717) is 83.4 Å². The number of likely N-dealkylation sites (tertiary alicyclic amines) is 2. The van der Waals surface area contributed by atoms with E-state index in [-0.39, 0.29) is 52.4 Å². The Labute approximate surface area is 417 Å². The van der Waals surface area contributed by atoms with E-state index in [1.807, 2.05) is 11.8 Å². The topological polar surface area (TPSA) is 144 Å². The number of aromatic hydroxyl groups is 1. The van der Waals surface area contributed by atoms with Crippen molar-refractivity contribution in [3.8, 4) is 23.0 Å². The van der Waals surface area contributed by atoms with E-state index in [0.717, 1.165) is 77.3 Å². The van der Waals surface area contributed by atoms with E-state index < -0.39 is 46.6 Å². The van der Waals surface area contributed by atoms with Gasteiger partial charge in [-0.05, 0) is 186 Å². The SMILES string of the molecule is CCc1c(F)ccc2cc(O)cc(-c3ncc4c(N5CCC[C@@](C)(O)C5)nc(OCC5(CN6CCC7(CC6)CC(C6CCN(CCc8cc(F)c(C9CCC(=O)NC9=O)c(F)c8)CC6)C7)CC5)nc4c3F)c12. The van der Waals surface area contributed by atoms with Crippen LogP contribution in [0.4, 0.5) is 23.4 Å². The molecule has 6 fully saturated rings. The minimum Gasteiger partial charge on any atom is -0.508 e. The van der Waals surface area contributed by atoms with E-state index in [4.69, 9.17) is 14.7 Å². The second kappa shape index (κ2) is 19.1. The summed E-state index contributed by atoms with van der Waals surface area (Å²) in [5.74, 6) is -2.87. The molecule has 72 heavy (non-hydrogen) atoms. The molecule has 3 aromatic carbocycles. The van der Waals surface area contributed by atoms with Gasteiger partial charge in [-0.3, -0.25) is 19.9 Å². The van der Waals surface area contributed by atoms with Crippen molar-refractivity contribution >= 4 is 39.3 Å². The number of nitrogens with zero attached hydrogens (tertiary/aromatic N) is 6. The third-order valence-corrected chi connectivity index (χ3v) is 17.5. The molecule has 1 spiro atoms. The van der Waals surface area contributed by atoms with Crippen molar-refractivity contribution in [2.75, 3.05) is 63.9 Å². The summed E-state index contributed by atoms with van der Waals surface area (Å²) < 4.78 is 69.1. The van der Waals surface area contributed by atoms with Crippen molar-refractivity contribution in [1.82, 2.24) is 30.1 Å². The average molecular weight is 992 g/mol. The smallest absolute Gasteiger partial charge is 0.319 e. The van der Waals surface area contributed by atoms with Crippen molar-refractivity contribution < 1.29 is 42.1 Å². The van der Waals surface area contributed by atoms with Gasteiger partial charge < -0.3 is 29.6 Å². The number of fused-ring (bicyclic) bond motifs is 2. The van der Waals surface area contributed by atoms with Gasteiger partial charge >= 0.3 is 6.01 Å². The molecule has 4 saturated heterocycles. The Bertz CT molecular complexity index is 2900. The second-order valence-corrected chi connectivity index (χ2v) is 22.6. The third-order valence-electron chi connectivity index (χ3n) is 17.5. The highest BCUT2D eigenvalue weighted by atomic mass is 19.1. The van der Waals surface area contributed by atoms with Gasteiger partial charge in [0.2, 0.25) is 11.8 Å². The number of halogens is 4. The van der Waals surface area contributed by atoms with Crippen LogP contribution >= 0.6 is 0 Å². The zero-order valence-corrected chi connectivity index (χ0v) is 41.4. The van der Waals surface area contributed by atoms with Crippen molar-refractivity contribution in [3.05, 3.63) is 82.6 Å². The minimum absolute atomic E-state index is 0.00930. The monoisotopic (exact) mass is 991 g/mol. The van der Waals surface area contributed by atoms with Crippen LogP contribution in [0.1, 0.15) is 114 Å². The van der Waals surface area contributed by atoms with Gasteiger partial charge in [-0.15, -0.1) is 0 Å². The number of aromatic nitrogens is 3. The summed E-state index contributed by atoms with van der Waals surface area (Å²) in [6.07, 6.45) is 13.1. The molecule has 12 nitrogen and oxygen atoms in total. The number of carbonyl (C=O) groups excluding carboxylic acids is 2. The summed E-state index contributed by atoms with van der Waals surface area (Å²) in [6.45, 7) is 10.6. The maximum absolute atomic E-state index is 17.1. The molecule has 0 radical (unpaired) electrons.